The van der Waals surface area contributed by atoms with Gasteiger partial charge in [0.05, 0.1) is 17.1 Å². The van der Waals surface area contributed by atoms with Gasteiger partial charge in [-0.25, -0.2) is 4.98 Å². The van der Waals surface area contributed by atoms with E-state index >= 15 is 0 Å². The van der Waals surface area contributed by atoms with Crippen LogP contribution in [0.1, 0.15) is 151 Å². The van der Waals surface area contributed by atoms with Gasteiger partial charge in [0.25, 0.3) is 0 Å². The Balaban J connectivity index is 0. The van der Waals surface area contributed by atoms with Crippen LogP contribution in [0.15, 0.2) is 60.7 Å². The lowest BCUT2D eigenvalue weighted by Gasteiger charge is -2.26. The van der Waals surface area contributed by atoms with Crippen LogP contribution in [0.3, 0.4) is 0 Å². The van der Waals surface area contributed by atoms with Crippen LogP contribution in [0.4, 0.5) is 0 Å². The molecule has 1 aliphatic heterocycles. The van der Waals surface area contributed by atoms with Gasteiger partial charge in [-0.2, -0.15) is 4.98 Å². The van der Waals surface area contributed by atoms with E-state index in [0.29, 0.717) is 23.5 Å². The Morgan fingerprint density at radius 1 is 0.625 bits per heavy atom. The third kappa shape index (κ3) is 39.8. The highest BCUT2D eigenvalue weighted by atomic mass is 16.5. The van der Waals surface area contributed by atoms with Gasteiger partial charge in [0.2, 0.25) is 17.7 Å². The number of hydrogen-bond acceptors (Lipinski definition) is 13. The third-order valence-corrected chi connectivity index (χ3v) is 8.69. The summed E-state index contributed by atoms with van der Waals surface area (Å²) in [6.45, 7) is 41.1. The van der Waals surface area contributed by atoms with E-state index in [0.717, 1.165) is 52.4 Å². The van der Waals surface area contributed by atoms with Gasteiger partial charge < -0.3 is 22.8 Å². The number of aryl methyl sites for hydroxylation is 12. The van der Waals surface area contributed by atoms with Crippen molar-refractivity contribution in [3.8, 4) is 0 Å². The Kier molecular flexibility index (Phi) is 34.7. The summed E-state index contributed by atoms with van der Waals surface area (Å²) in [5.41, 5.74) is 5.50. The van der Waals surface area contributed by atoms with Crippen LogP contribution in [-0.4, -0.2) is 70.5 Å². The molecule has 6 heterocycles. The number of unbranched alkanes of at least 4 members (excludes halogenated alkanes) is 1. The molecule has 0 radical (unpaired) electrons. The van der Waals surface area contributed by atoms with Crippen LogP contribution < -0.4 is 0 Å². The SMILES string of the molecule is CC(C)C.CC1CCN(C)CC1.CCCC.C[C@@H]1C[C@@H]1C.Cc1cc(C)on1.Cc1ccc(C)cc1.Cc1cn(C)nn1.Cc1coc(C)n1.Cc1nnc(C)o1.Cc1noc(C)n1. The van der Waals surface area contributed by atoms with Crippen molar-refractivity contribution in [2.45, 2.75) is 164 Å². The van der Waals surface area contributed by atoms with E-state index in [2.05, 4.69) is 151 Å². The molecule has 1 saturated heterocycles. The molecule has 362 valence electrons. The van der Waals surface area contributed by atoms with Crippen molar-refractivity contribution < 1.29 is 17.9 Å². The van der Waals surface area contributed by atoms with Gasteiger partial charge in [0, 0.05) is 47.0 Å². The highest BCUT2D eigenvalue weighted by molar-refractivity contribution is 5.19. The number of hydrogen-bond donors (Lipinski definition) is 0. The first kappa shape index (κ1) is 61.1. The molecule has 0 bridgehead atoms. The fourth-order valence-corrected chi connectivity index (χ4v) is 4.50. The molecule has 2 aliphatic rings. The summed E-state index contributed by atoms with van der Waals surface area (Å²) in [6.07, 6.45) is 10.4. The molecule has 2 fully saturated rings. The Bertz CT molecular complexity index is 1590. The summed E-state index contributed by atoms with van der Waals surface area (Å²) in [5, 5.41) is 21.8. The molecule has 5 aromatic heterocycles. The zero-order chi connectivity index (χ0) is 49.2. The zero-order valence-corrected chi connectivity index (χ0v) is 43.9. The molecule has 2 atom stereocenters. The maximum Gasteiger partial charge on any atom is 0.223 e. The molecule has 0 spiro atoms. The molecule has 0 unspecified atom stereocenters. The molecule has 1 aromatic carbocycles. The van der Waals surface area contributed by atoms with Crippen molar-refractivity contribution in [2.24, 2.45) is 30.7 Å². The van der Waals surface area contributed by atoms with Crippen molar-refractivity contribution in [1.82, 2.24) is 50.4 Å². The van der Waals surface area contributed by atoms with Gasteiger partial charge in [-0.15, -0.1) is 15.3 Å². The molecule has 1 aliphatic carbocycles. The van der Waals surface area contributed by atoms with Gasteiger partial charge in [0.1, 0.15) is 12.0 Å². The van der Waals surface area contributed by atoms with E-state index < -0.39 is 0 Å². The van der Waals surface area contributed by atoms with Crippen LogP contribution in [0.2, 0.25) is 0 Å². The number of rotatable bonds is 1. The number of likely N-dealkylation sites (tertiary alicyclic amines) is 1. The predicted octanol–water partition coefficient (Wildman–Crippen LogP) is 12.9. The van der Waals surface area contributed by atoms with Crippen molar-refractivity contribution in [1.29, 1.82) is 0 Å². The minimum Gasteiger partial charge on any atom is -0.449 e. The van der Waals surface area contributed by atoms with E-state index in [9.17, 15) is 0 Å². The maximum absolute atomic E-state index is 4.86. The molecule has 1 saturated carbocycles. The van der Waals surface area contributed by atoms with Crippen molar-refractivity contribution in [3.05, 3.63) is 106 Å². The molecular formula is C50H88N10O4. The summed E-state index contributed by atoms with van der Waals surface area (Å²) < 4.78 is 20.7. The lowest BCUT2D eigenvalue weighted by atomic mass is 10.00. The second-order valence-corrected chi connectivity index (χ2v) is 17.4. The lowest BCUT2D eigenvalue weighted by Crippen LogP contribution is -2.28. The van der Waals surface area contributed by atoms with Gasteiger partial charge in [-0.3, -0.25) is 4.68 Å². The minimum atomic E-state index is 0.623. The van der Waals surface area contributed by atoms with Crippen LogP contribution in [0.5, 0.6) is 0 Å². The highest BCUT2D eigenvalue weighted by Gasteiger charge is 2.26. The first-order valence-electron chi connectivity index (χ1n) is 22.8. The molecule has 8 rings (SSSR count). The topological polar surface area (TPSA) is 164 Å². The third-order valence-electron chi connectivity index (χ3n) is 8.69. The molecule has 14 heteroatoms. The Hall–Kier alpha value is -4.98. The molecule has 64 heavy (non-hydrogen) atoms. The first-order valence-corrected chi connectivity index (χ1v) is 22.8. The second-order valence-electron chi connectivity index (χ2n) is 17.4. The maximum atomic E-state index is 4.86. The number of oxazole rings is 1. The van der Waals surface area contributed by atoms with E-state index in [1.807, 2.05) is 53.9 Å². The first-order chi connectivity index (χ1) is 30.0. The monoisotopic (exact) mass is 893 g/mol. The number of aromatic nitrogens is 9. The summed E-state index contributed by atoms with van der Waals surface area (Å²) in [7, 11) is 4.05. The van der Waals surface area contributed by atoms with Crippen molar-refractivity contribution in [3.63, 3.8) is 0 Å². The minimum absolute atomic E-state index is 0.623. The van der Waals surface area contributed by atoms with Gasteiger partial charge in [-0.1, -0.05) is 119 Å². The summed E-state index contributed by atoms with van der Waals surface area (Å²) in [4.78, 5) is 10.2. The van der Waals surface area contributed by atoms with E-state index in [1.165, 1.54) is 56.3 Å². The molecule has 0 N–H and O–H groups in total. The van der Waals surface area contributed by atoms with E-state index in [4.69, 9.17) is 13.4 Å². The van der Waals surface area contributed by atoms with Crippen LogP contribution >= 0.6 is 0 Å². The van der Waals surface area contributed by atoms with Crippen molar-refractivity contribution >= 4 is 0 Å². The summed E-state index contributed by atoms with van der Waals surface area (Å²) in [6, 6.07) is 10.4. The normalized spacial score (nSPS) is 14.5. The van der Waals surface area contributed by atoms with E-state index in [1.54, 1.807) is 38.6 Å². The van der Waals surface area contributed by atoms with Crippen LogP contribution in [-0.2, 0) is 7.05 Å². The average molecular weight is 893 g/mol. The largest absolute Gasteiger partial charge is 0.449 e. The summed E-state index contributed by atoms with van der Waals surface area (Å²) >= 11 is 0. The van der Waals surface area contributed by atoms with Gasteiger partial charge in [-0.05, 0) is 112 Å². The molecule has 6 aromatic rings. The fraction of sp³-hybridized carbons (Fsp3) is 0.640. The van der Waals surface area contributed by atoms with Crippen LogP contribution in [0.25, 0.3) is 0 Å². The molecule has 14 nitrogen and oxygen atoms in total. The number of benzene rings is 1. The Morgan fingerprint density at radius 3 is 1.27 bits per heavy atom. The molecular weight excluding hydrogens is 805 g/mol. The van der Waals surface area contributed by atoms with Crippen LogP contribution in [0, 0.1) is 99.8 Å². The van der Waals surface area contributed by atoms with Gasteiger partial charge >= 0.3 is 0 Å². The highest BCUT2D eigenvalue weighted by Crippen LogP contribution is 2.36. The zero-order valence-electron chi connectivity index (χ0n) is 43.9. The average Bonchev–Trinajstić information content (AvgIpc) is 3.85. The number of nitrogens with zero attached hydrogens (tertiary/aromatic N) is 10. The quantitative estimate of drug-likeness (QED) is 0.153. The van der Waals surface area contributed by atoms with Gasteiger partial charge in [0.15, 0.2) is 11.7 Å². The lowest BCUT2D eigenvalue weighted by molar-refractivity contribution is 0.230. The molecule has 0 amide bonds. The van der Waals surface area contributed by atoms with E-state index in [-0.39, 0.29) is 0 Å². The second kappa shape index (κ2) is 36.4. The van der Waals surface area contributed by atoms with Crippen molar-refractivity contribution in [2.75, 3.05) is 20.1 Å². The predicted molar refractivity (Wildman–Crippen MR) is 261 cm³/mol. The smallest absolute Gasteiger partial charge is 0.223 e. The summed E-state index contributed by atoms with van der Waals surface area (Å²) in [5.74, 6) is 8.08. The fourth-order valence-electron chi connectivity index (χ4n) is 4.50. The standard InChI is InChI=1S/C8H10.C7H15N.2C5H7NO.C5H10.C4H7N3.2C4H6N2O.2C4H10/c2*1-7-3-5-8(2)6-4-7;1-4-3-7-5(2)6-4;1-4-3-5(2)7-6-4;1-4-3-5(4)2;1-4-3-7(2)6-5-4;1-3-5-6-4(2)7-3;1-3-5-4(2)7-6-3;1-4(2)3;1-3-4-2/h3-6H,1-2H3;7H,3-6H2,1-2H3;2*3H,1-2H3;4-5H,3H2,1-2H3;3H,1-2H3;2*1-2H3;4H,1-3H3;3-4H2,1-2H3/t;;;;4-,5+;;;;;. The Labute approximate surface area is 387 Å². The Morgan fingerprint density at radius 2 is 1.11 bits per heavy atom. The number of piperidine rings is 1.